The Kier molecular flexibility index (Phi) is 22.9. The Labute approximate surface area is 381 Å². The van der Waals surface area contributed by atoms with Crippen molar-refractivity contribution >= 4 is 29.2 Å². The van der Waals surface area contributed by atoms with E-state index in [1.54, 1.807) is 31.2 Å². The minimum absolute atomic E-state index is 0.00288. The number of benzene rings is 2. The lowest BCUT2D eigenvalue weighted by atomic mass is 9.78. The number of fused-ring (bicyclic) bond motifs is 1. The number of aliphatic hydroxyl groups excluding tert-OH is 2. The van der Waals surface area contributed by atoms with Gasteiger partial charge in [-0.05, 0) is 87.0 Å². The highest BCUT2D eigenvalue weighted by Gasteiger charge is 2.49. The highest BCUT2D eigenvalue weighted by Crippen LogP contribution is 2.46. The molecule has 4 rings (SSSR count). The number of nitrogens with one attached hydrogen (secondary N) is 1. The second-order valence-electron chi connectivity index (χ2n) is 18.0. The largest absolute Gasteiger partial charge is 0.444 e. The number of unbranched alkanes of at least 4 members (excludes halogenated alkanes) is 5. The molecule has 0 saturated carbocycles. The summed E-state index contributed by atoms with van der Waals surface area (Å²) >= 11 is 0. The number of ketones is 1. The van der Waals surface area contributed by atoms with Gasteiger partial charge in [0, 0.05) is 35.9 Å². The number of carbonyl (C=O) groups is 3. The Morgan fingerprint density at radius 2 is 1.39 bits per heavy atom. The fourth-order valence-corrected chi connectivity index (χ4v) is 8.29. The SMILES string of the molecule is CCCCCCCCN1CC(=O)C(C)(C(=O)Oc2ccc(COC(=O)Nc3cc4c(cc3C(C)C)N(CCOCCOCCOCCOCCOCCO)C(C)(C)CC4CO)cc2)C1. The van der Waals surface area contributed by atoms with E-state index in [0.717, 1.165) is 36.2 Å². The van der Waals surface area contributed by atoms with Crippen molar-refractivity contribution in [3.8, 4) is 5.75 Å². The summed E-state index contributed by atoms with van der Waals surface area (Å²) in [5.74, 6) is -0.408. The van der Waals surface area contributed by atoms with E-state index in [4.69, 9.17) is 38.3 Å². The van der Waals surface area contributed by atoms with Crippen LogP contribution in [0, 0.1) is 5.41 Å². The molecular formula is C49H77N3O12. The van der Waals surface area contributed by atoms with Crippen LogP contribution in [0.2, 0.25) is 0 Å². The first-order valence-electron chi connectivity index (χ1n) is 23.4. The highest BCUT2D eigenvalue weighted by molar-refractivity contribution is 6.06. The van der Waals surface area contributed by atoms with Crippen LogP contribution in [0.5, 0.6) is 5.75 Å². The molecular weight excluding hydrogens is 823 g/mol. The van der Waals surface area contributed by atoms with Crippen LogP contribution in [0.25, 0.3) is 0 Å². The van der Waals surface area contributed by atoms with E-state index in [-0.39, 0.29) is 49.5 Å². The number of carbonyl (C=O) groups excluding carboxylic acids is 3. The van der Waals surface area contributed by atoms with Gasteiger partial charge < -0.3 is 48.3 Å². The van der Waals surface area contributed by atoms with E-state index in [2.05, 4.69) is 55.8 Å². The lowest BCUT2D eigenvalue weighted by Gasteiger charge is -2.48. The molecule has 1 fully saturated rings. The zero-order chi connectivity index (χ0) is 46.4. The number of aliphatic hydroxyl groups is 2. The number of hydrogen-bond donors (Lipinski definition) is 3. The average Bonchev–Trinajstić information content (AvgIpc) is 3.57. The van der Waals surface area contributed by atoms with E-state index < -0.39 is 17.5 Å². The molecule has 64 heavy (non-hydrogen) atoms. The second kappa shape index (κ2) is 27.7. The number of amides is 1. The van der Waals surface area contributed by atoms with Crippen LogP contribution >= 0.6 is 0 Å². The van der Waals surface area contributed by atoms with Crippen LogP contribution < -0.4 is 15.0 Å². The first kappa shape index (κ1) is 52.9. The summed E-state index contributed by atoms with van der Waals surface area (Å²) in [6, 6.07) is 10.8. The Bertz CT molecular complexity index is 1710. The lowest BCUT2D eigenvalue weighted by molar-refractivity contribution is -0.148. The predicted octanol–water partition coefficient (Wildman–Crippen LogP) is 6.86. The number of esters is 1. The molecule has 2 heterocycles. The second-order valence-corrected chi connectivity index (χ2v) is 18.0. The van der Waals surface area contributed by atoms with Gasteiger partial charge in [-0.1, -0.05) is 65.0 Å². The third-order valence-corrected chi connectivity index (χ3v) is 12.0. The molecule has 2 aromatic carbocycles. The monoisotopic (exact) mass is 900 g/mol. The van der Waals surface area contributed by atoms with Crippen molar-refractivity contribution in [1.29, 1.82) is 0 Å². The van der Waals surface area contributed by atoms with Crippen LogP contribution in [-0.2, 0) is 44.6 Å². The van der Waals surface area contributed by atoms with Gasteiger partial charge in [0.15, 0.2) is 5.78 Å². The summed E-state index contributed by atoms with van der Waals surface area (Å²) in [7, 11) is 0. The third-order valence-electron chi connectivity index (χ3n) is 12.0. The molecule has 0 radical (unpaired) electrons. The van der Waals surface area contributed by atoms with Crippen molar-refractivity contribution in [2.45, 2.75) is 110 Å². The average molecular weight is 900 g/mol. The van der Waals surface area contributed by atoms with Crippen LogP contribution in [0.4, 0.5) is 16.2 Å². The maximum absolute atomic E-state index is 13.3. The van der Waals surface area contributed by atoms with Gasteiger partial charge in [0.25, 0.3) is 0 Å². The summed E-state index contributed by atoms with van der Waals surface area (Å²) in [5.41, 5.74) is 2.77. The first-order valence-corrected chi connectivity index (χ1v) is 23.4. The Morgan fingerprint density at radius 1 is 0.797 bits per heavy atom. The van der Waals surface area contributed by atoms with Crippen molar-refractivity contribution in [3.05, 3.63) is 53.1 Å². The van der Waals surface area contributed by atoms with Crippen molar-refractivity contribution < 1.29 is 57.8 Å². The maximum Gasteiger partial charge on any atom is 0.411 e. The molecule has 0 spiro atoms. The zero-order valence-corrected chi connectivity index (χ0v) is 39.5. The van der Waals surface area contributed by atoms with Gasteiger partial charge in [-0.3, -0.25) is 19.8 Å². The van der Waals surface area contributed by atoms with E-state index in [1.165, 1.54) is 25.7 Å². The van der Waals surface area contributed by atoms with Crippen molar-refractivity contribution in [2.75, 3.05) is 116 Å². The maximum atomic E-state index is 13.3. The van der Waals surface area contributed by atoms with Crippen LogP contribution in [-0.4, -0.2) is 144 Å². The highest BCUT2D eigenvalue weighted by atomic mass is 16.6. The fraction of sp³-hybridized carbons (Fsp3) is 0.694. The number of rotatable bonds is 31. The van der Waals surface area contributed by atoms with Crippen molar-refractivity contribution in [3.63, 3.8) is 0 Å². The summed E-state index contributed by atoms with van der Waals surface area (Å²) in [4.78, 5) is 43.8. The molecule has 15 nitrogen and oxygen atoms in total. The number of Topliss-reactive ketones (excluding diaryl/α,β-unsaturated/α-hetero) is 1. The van der Waals surface area contributed by atoms with Crippen molar-refractivity contribution in [1.82, 2.24) is 4.90 Å². The molecule has 2 aliphatic heterocycles. The quantitative estimate of drug-likeness (QED) is 0.0310. The van der Waals surface area contributed by atoms with E-state index in [9.17, 15) is 19.5 Å². The summed E-state index contributed by atoms with van der Waals surface area (Å²) in [6.45, 7) is 18.8. The lowest BCUT2D eigenvalue weighted by Crippen LogP contribution is -2.50. The summed E-state index contributed by atoms with van der Waals surface area (Å²) in [6.07, 6.45) is 7.11. The zero-order valence-electron chi connectivity index (χ0n) is 39.5. The topological polar surface area (TPSA) is 175 Å². The Hall–Kier alpha value is -3.67. The number of anilines is 2. The molecule has 1 saturated heterocycles. The summed E-state index contributed by atoms with van der Waals surface area (Å²) in [5, 5.41) is 22.2. The van der Waals surface area contributed by atoms with Gasteiger partial charge in [0.05, 0.1) is 85.8 Å². The minimum atomic E-state index is -1.21. The number of hydrogen-bond acceptors (Lipinski definition) is 14. The van der Waals surface area contributed by atoms with Crippen LogP contribution in [0.1, 0.15) is 115 Å². The van der Waals surface area contributed by atoms with Crippen molar-refractivity contribution in [2.24, 2.45) is 5.41 Å². The summed E-state index contributed by atoms with van der Waals surface area (Å²) < 4.78 is 39.0. The van der Waals surface area contributed by atoms with Gasteiger partial charge in [0.1, 0.15) is 17.8 Å². The van der Waals surface area contributed by atoms with Crippen LogP contribution in [0.15, 0.2) is 36.4 Å². The fourth-order valence-electron chi connectivity index (χ4n) is 8.29. The number of likely N-dealkylation sites (tertiary alicyclic amines) is 1. The third kappa shape index (κ3) is 16.6. The molecule has 2 unspecified atom stereocenters. The van der Waals surface area contributed by atoms with Gasteiger partial charge in [-0.25, -0.2) is 4.79 Å². The first-order chi connectivity index (χ1) is 30.8. The number of ether oxygens (including phenoxy) is 7. The molecule has 2 atom stereocenters. The van der Waals surface area contributed by atoms with Gasteiger partial charge in [0.2, 0.25) is 0 Å². The smallest absolute Gasteiger partial charge is 0.411 e. The Balaban J connectivity index is 1.24. The molecule has 360 valence electrons. The predicted molar refractivity (Wildman–Crippen MR) is 246 cm³/mol. The van der Waals surface area contributed by atoms with E-state index >= 15 is 0 Å². The molecule has 0 aromatic heterocycles. The molecule has 2 aromatic rings. The standard InChI is InChI=1S/C49H77N3O12/c1-7-8-9-10-11-12-17-51-33-45(55)49(6,36-51)46(56)64-40-15-13-38(14-16-40)35-63-47(57)50-43-30-42-39(34-54)32-48(4,5)52(44(42)31-41(43)37(2)3)18-20-58-22-24-60-26-28-62-29-27-61-25-23-59-21-19-53/h13-16,30-31,37,39,53-54H,7-12,17-29,32-36H2,1-6H3,(H,50,57). The van der Waals surface area contributed by atoms with Crippen LogP contribution in [0.3, 0.4) is 0 Å². The molecule has 0 aliphatic carbocycles. The molecule has 0 bridgehead atoms. The molecule has 2 aliphatic rings. The normalized spacial score (nSPS) is 18.4. The minimum Gasteiger partial charge on any atom is -0.444 e. The van der Waals surface area contributed by atoms with E-state index in [0.29, 0.717) is 103 Å². The molecule has 15 heteroatoms. The van der Waals surface area contributed by atoms with Gasteiger partial charge >= 0.3 is 12.1 Å². The van der Waals surface area contributed by atoms with E-state index in [1.807, 2.05) is 6.07 Å². The van der Waals surface area contributed by atoms with Gasteiger partial charge in [-0.2, -0.15) is 0 Å². The molecule has 1 amide bonds. The molecule has 3 N–H and O–H groups in total. The number of nitrogens with zero attached hydrogens (tertiary/aromatic N) is 2. The Morgan fingerprint density at radius 3 is 1.98 bits per heavy atom. The van der Waals surface area contributed by atoms with Gasteiger partial charge in [-0.15, -0.1) is 0 Å².